The molecule has 0 aliphatic carbocycles. The number of aromatic nitrogens is 2. The molecule has 0 bridgehead atoms. The zero-order valence-electron chi connectivity index (χ0n) is 17.2. The van der Waals surface area contributed by atoms with E-state index in [2.05, 4.69) is 5.32 Å². The summed E-state index contributed by atoms with van der Waals surface area (Å²) in [6, 6.07) is 24.7. The van der Waals surface area contributed by atoms with Gasteiger partial charge in [-0.3, -0.25) is 0 Å². The summed E-state index contributed by atoms with van der Waals surface area (Å²) < 4.78 is 21.7. The average Bonchev–Trinajstić information content (AvgIpc) is 2.99. The average molecular weight is 413 g/mol. The quantitative estimate of drug-likeness (QED) is 0.436. The first-order valence-electron chi connectivity index (χ1n) is 10.7. The number of hydrogen-bond acceptors (Lipinski definition) is 3. The molecule has 1 aromatic heterocycles. The summed E-state index contributed by atoms with van der Waals surface area (Å²) in [5.74, 6) is 1.56. The number of rotatable bonds is 5. The molecular formula is C26H24FN3O. The maximum Gasteiger partial charge on any atom is 0.133 e. The molecule has 0 saturated heterocycles. The second-order valence-electron chi connectivity index (χ2n) is 7.75. The highest BCUT2D eigenvalue weighted by Crippen LogP contribution is 2.34. The monoisotopic (exact) mass is 413 g/mol. The smallest absolute Gasteiger partial charge is 0.133 e. The van der Waals surface area contributed by atoms with Crippen LogP contribution < -0.4 is 10.1 Å². The minimum Gasteiger partial charge on any atom is -0.489 e. The SMILES string of the molecule is Fc1cccc(-c2nn(-c3ccc(OCc4ccccc4)cc3)c3c2CCCCN3)c1. The molecular weight excluding hydrogens is 389 g/mol. The van der Waals surface area contributed by atoms with Crippen molar-refractivity contribution in [1.82, 2.24) is 9.78 Å². The van der Waals surface area contributed by atoms with Crippen molar-refractivity contribution in [2.24, 2.45) is 0 Å². The van der Waals surface area contributed by atoms with Gasteiger partial charge in [0.05, 0.1) is 11.4 Å². The molecule has 0 fully saturated rings. The molecule has 31 heavy (non-hydrogen) atoms. The second-order valence-corrected chi connectivity index (χ2v) is 7.75. The Morgan fingerprint density at radius 1 is 0.935 bits per heavy atom. The molecule has 0 spiro atoms. The first-order valence-corrected chi connectivity index (χ1v) is 10.7. The molecule has 4 aromatic rings. The highest BCUT2D eigenvalue weighted by Gasteiger charge is 2.22. The third-order valence-electron chi connectivity index (χ3n) is 5.56. The standard InChI is InChI=1S/C26H24FN3O/c27-21-10-6-9-20(17-21)25-24-11-4-5-16-28-26(24)30(29-25)22-12-14-23(15-13-22)31-18-19-7-2-1-3-8-19/h1-3,6-10,12-15,17,28H,4-5,11,16,18H2. The number of fused-ring (bicyclic) bond motifs is 1. The minimum atomic E-state index is -0.248. The highest BCUT2D eigenvalue weighted by atomic mass is 19.1. The summed E-state index contributed by atoms with van der Waals surface area (Å²) in [7, 11) is 0. The number of nitrogens with one attached hydrogen (secondary N) is 1. The molecule has 156 valence electrons. The predicted molar refractivity (Wildman–Crippen MR) is 121 cm³/mol. The van der Waals surface area contributed by atoms with Crippen molar-refractivity contribution in [3.63, 3.8) is 0 Å². The first-order chi connectivity index (χ1) is 15.3. The lowest BCUT2D eigenvalue weighted by Gasteiger charge is -2.11. The maximum absolute atomic E-state index is 13.9. The van der Waals surface area contributed by atoms with Crippen molar-refractivity contribution >= 4 is 5.82 Å². The van der Waals surface area contributed by atoms with Gasteiger partial charge in [-0.2, -0.15) is 5.10 Å². The number of hydrogen-bond donors (Lipinski definition) is 1. The Bertz CT molecular complexity index is 1170. The van der Waals surface area contributed by atoms with Crippen LogP contribution in [0.1, 0.15) is 24.0 Å². The molecule has 0 radical (unpaired) electrons. The van der Waals surface area contributed by atoms with E-state index in [0.717, 1.165) is 65.4 Å². The fourth-order valence-electron chi connectivity index (χ4n) is 3.98. The fraction of sp³-hybridized carbons (Fsp3) is 0.192. The summed E-state index contributed by atoms with van der Waals surface area (Å²) >= 11 is 0. The summed E-state index contributed by atoms with van der Waals surface area (Å²) in [6.07, 6.45) is 3.11. The van der Waals surface area contributed by atoms with Crippen LogP contribution in [0, 0.1) is 5.82 Å². The lowest BCUT2D eigenvalue weighted by atomic mass is 10.0. The molecule has 4 nitrogen and oxygen atoms in total. The van der Waals surface area contributed by atoms with E-state index in [4.69, 9.17) is 9.84 Å². The molecule has 3 aromatic carbocycles. The van der Waals surface area contributed by atoms with Crippen LogP contribution in [0.2, 0.25) is 0 Å². The Hall–Kier alpha value is -3.60. The third kappa shape index (κ3) is 4.17. The lowest BCUT2D eigenvalue weighted by molar-refractivity contribution is 0.306. The third-order valence-corrected chi connectivity index (χ3v) is 5.56. The van der Waals surface area contributed by atoms with E-state index >= 15 is 0 Å². The van der Waals surface area contributed by atoms with E-state index in [1.165, 1.54) is 6.07 Å². The molecule has 0 atom stereocenters. The summed E-state index contributed by atoms with van der Waals surface area (Å²) in [4.78, 5) is 0. The first kappa shape index (κ1) is 19.4. The van der Waals surface area contributed by atoms with Gasteiger partial charge in [0.15, 0.2) is 0 Å². The number of anilines is 1. The maximum atomic E-state index is 13.9. The Morgan fingerprint density at radius 3 is 2.58 bits per heavy atom. The van der Waals surface area contributed by atoms with Gasteiger partial charge in [-0.15, -0.1) is 0 Å². The zero-order valence-corrected chi connectivity index (χ0v) is 17.2. The van der Waals surface area contributed by atoms with Crippen LogP contribution in [-0.2, 0) is 13.0 Å². The van der Waals surface area contributed by atoms with Crippen LogP contribution in [0.5, 0.6) is 5.75 Å². The lowest BCUT2D eigenvalue weighted by Crippen LogP contribution is -2.07. The van der Waals surface area contributed by atoms with Crippen LogP contribution in [0.4, 0.5) is 10.2 Å². The Kier molecular flexibility index (Phi) is 5.40. The fourth-order valence-corrected chi connectivity index (χ4v) is 3.98. The molecule has 0 amide bonds. The van der Waals surface area contributed by atoms with Gasteiger partial charge < -0.3 is 10.1 Å². The second kappa shape index (κ2) is 8.64. The van der Waals surface area contributed by atoms with Crippen molar-refractivity contribution in [2.45, 2.75) is 25.9 Å². The molecule has 1 aliphatic rings. The van der Waals surface area contributed by atoms with Crippen molar-refractivity contribution in [2.75, 3.05) is 11.9 Å². The molecule has 2 heterocycles. The number of benzene rings is 3. The topological polar surface area (TPSA) is 39.1 Å². The van der Waals surface area contributed by atoms with E-state index in [-0.39, 0.29) is 5.82 Å². The van der Waals surface area contributed by atoms with Gasteiger partial charge in [0.1, 0.15) is 24.0 Å². The van der Waals surface area contributed by atoms with Crippen LogP contribution in [0.25, 0.3) is 16.9 Å². The zero-order chi connectivity index (χ0) is 21.0. The van der Waals surface area contributed by atoms with Crippen LogP contribution in [0.15, 0.2) is 78.9 Å². The van der Waals surface area contributed by atoms with Crippen LogP contribution in [-0.4, -0.2) is 16.3 Å². The molecule has 0 unspecified atom stereocenters. The number of ether oxygens (including phenoxy) is 1. The van der Waals surface area contributed by atoms with E-state index in [1.807, 2.05) is 65.3 Å². The Morgan fingerprint density at radius 2 is 1.77 bits per heavy atom. The van der Waals surface area contributed by atoms with Gasteiger partial charge in [0, 0.05) is 17.7 Å². The minimum absolute atomic E-state index is 0.248. The van der Waals surface area contributed by atoms with E-state index in [9.17, 15) is 4.39 Å². The van der Waals surface area contributed by atoms with Gasteiger partial charge in [-0.05, 0) is 61.2 Å². The van der Waals surface area contributed by atoms with Gasteiger partial charge in [0.2, 0.25) is 0 Å². The van der Waals surface area contributed by atoms with E-state index < -0.39 is 0 Å². The van der Waals surface area contributed by atoms with Crippen molar-refractivity contribution in [3.05, 3.63) is 95.8 Å². The Labute approximate surface area is 181 Å². The van der Waals surface area contributed by atoms with Crippen molar-refractivity contribution < 1.29 is 9.13 Å². The van der Waals surface area contributed by atoms with Gasteiger partial charge >= 0.3 is 0 Å². The van der Waals surface area contributed by atoms with Crippen molar-refractivity contribution in [1.29, 1.82) is 0 Å². The number of halogens is 1. The van der Waals surface area contributed by atoms with Crippen molar-refractivity contribution in [3.8, 4) is 22.7 Å². The van der Waals surface area contributed by atoms with Gasteiger partial charge in [-0.25, -0.2) is 9.07 Å². The van der Waals surface area contributed by atoms with Crippen LogP contribution >= 0.6 is 0 Å². The molecule has 0 saturated carbocycles. The summed E-state index contributed by atoms with van der Waals surface area (Å²) in [5, 5.41) is 8.42. The summed E-state index contributed by atoms with van der Waals surface area (Å²) in [6.45, 7) is 1.43. The predicted octanol–water partition coefficient (Wildman–Crippen LogP) is 6.01. The number of nitrogens with zero attached hydrogens (tertiary/aromatic N) is 2. The Balaban J connectivity index is 1.45. The normalized spacial score (nSPS) is 13.2. The van der Waals surface area contributed by atoms with Crippen LogP contribution in [0.3, 0.4) is 0 Å². The van der Waals surface area contributed by atoms with Gasteiger partial charge in [-0.1, -0.05) is 42.5 Å². The van der Waals surface area contributed by atoms with Gasteiger partial charge in [0.25, 0.3) is 0 Å². The molecule has 1 N–H and O–H groups in total. The largest absolute Gasteiger partial charge is 0.489 e. The summed E-state index contributed by atoms with van der Waals surface area (Å²) in [5.41, 5.74) is 4.87. The molecule has 1 aliphatic heterocycles. The molecule has 5 heteroatoms. The van der Waals surface area contributed by atoms with E-state index in [1.54, 1.807) is 12.1 Å². The highest BCUT2D eigenvalue weighted by molar-refractivity contribution is 5.71. The molecule has 5 rings (SSSR count). The van der Waals surface area contributed by atoms with E-state index in [0.29, 0.717) is 6.61 Å².